The number of anilines is 1. The molecule has 0 aliphatic carbocycles. The number of benzene rings is 1. The van der Waals surface area contributed by atoms with Gasteiger partial charge in [-0.1, -0.05) is 18.2 Å². The maximum atomic E-state index is 11.1. The van der Waals surface area contributed by atoms with Crippen molar-refractivity contribution in [2.24, 2.45) is 0 Å². The molecule has 5 nitrogen and oxygen atoms in total. The zero-order valence-electron chi connectivity index (χ0n) is 15.1. The maximum absolute atomic E-state index is 11.1. The number of hydrogen-bond donors (Lipinski definition) is 1. The van der Waals surface area contributed by atoms with Gasteiger partial charge in [0.25, 0.3) is 0 Å². The van der Waals surface area contributed by atoms with E-state index in [1.165, 1.54) is 23.6 Å². The third kappa shape index (κ3) is 3.50. The van der Waals surface area contributed by atoms with Gasteiger partial charge in [0.1, 0.15) is 6.61 Å². The van der Waals surface area contributed by atoms with Crippen molar-refractivity contribution in [1.29, 1.82) is 0 Å². The van der Waals surface area contributed by atoms with Crippen LogP contribution in [0.3, 0.4) is 0 Å². The molecule has 2 heterocycles. The largest absolute Gasteiger partial charge is 0.459 e. The molecule has 1 aromatic carbocycles. The van der Waals surface area contributed by atoms with E-state index in [2.05, 4.69) is 42.3 Å². The minimum absolute atomic E-state index is 0.194. The highest BCUT2D eigenvalue weighted by Gasteiger charge is 2.12. The van der Waals surface area contributed by atoms with E-state index in [4.69, 9.17) is 4.74 Å². The minimum atomic E-state index is -0.301. The lowest BCUT2D eigenvalue weighted by molar-refractivity contribution is -0.142. The minimum Gasteiger partial charge on any atom is -0.459 e. The van der Waals surface area contributed by atoms with Crippen LogP contribution in [0.2, 0.25) is 0 Å². The van der Waals surface area contributed by atoms with Crippen LogP contribution in [0.4, 0.5) is 5.69 Å². The number of ether oxygens (including phenoxy) is 1. The standard InChI is InChI=1S/C20H23N3O2/c1-13-7-5-8-14(2)17(13)11-21-18-9-6-10-23-15(3)19(22-20(18)23)12-25-16(4)24/h5-10,21H,11-12H2,1-4H3. The van der Waals surface area contributed by atoms with Gasteiger partial charge in [-0.25, -0.2) is 4.98 Å². The lowest BCUT2D eigenvalue weighted by Gasteiger charge is -2.12. The van der Waals surface area contributed by atoms with E-state index < -0.39 is 0 Å². The molecule has 0 unspecified atom stereocenters. The van der Waals surface area contributed by atoms with Gasteiger partial charge in [0.2, 0.25) is 0 Å². The Morgan fingerprint density at radius 1 is 1.16 bits per heavy atom. The van der Waals surface area contributed by atoms with Crippen LogP contribution in [0, 0.1) is 20.8 Å². The SMILES string of the molecule is CC(=O)OCc1nc2c(NCc3c(C)cccc3C)cccn2c1C. The van der Waals surface area contributed by atoms with Gasteiger partial charge >= 0.3 is 5.97 Å². The van der Waals surface area contributed by atoms with Gasteiger partial charge < -0.3 is 14.5 Å². The van der Waals surface area contributed by atoms with E-state index in [0.717, 1.165) is 29.3 Å². The molecule has 0 bridgehead atoms. The van der Waals surface area contributed by atoms with Crippen LogP contribution < -0.4 is 5.32 Å². The molecule has 0 fully saturated rings. The number of nitrogens with zero attached hydrogens (tertiary/aromatic N) is 2. The highest BCUT2D eigenvalue weighted by molar-refractivity contribution is 5.69. The van der Waals surface area contributed by atoms with Gasteiger partial charge in [0.15, 0.2) is 5.65 Å². The van der Waals surface area contributed by atoms with Crippen molar-refractivity contribution >= 4 is 17.3 Å². The number of rotatable bonds is 5. The number of esters is 1. The van der Waals surface area contributed by atoms with Gasteiger partial charge in [-0.2, -0.15) is 0 Å². The molecular weight excluding hydrogens is 314 g/mol. The predicted molar refractivity (Wildman–Crippen MR) is 98.6 cm³/mol. The quantitative estimate of drug-likeness (QED) is 0.717. The molecule has 2 aromatic heterocycles. The molecular formula is C20H23N3O2. The van der Waals surface area contributed by atoms with E-state index in [0.29, 0.717) is 0 Å². The number of imidazole rings is 1. The number of carbonyl (C=O) groups is 1. The summed E-state index contributed by atoms with van der Waals surface area (Å²) in [6.45, 7) is 8.57. The third-order valence-electron chi connectivity index (χ3n) is 4.50. The van der Waals surface area contributed by atoms with Crippen LogP contribution in [0.25, 0.3) is 5.65 Å². The molecule has 3 aromatic rings. The Labute approximate surface area is 147 Å². The number of fused-ring (bicyclic) bond motifs is 1. The molecule has 5 heteroatoms. The highest BCUT2D eigenvalue weighted by Crippen LogP contribution is 2.22. The van der Waals surface area contributed by atoms with Crippen molar-refractivity contribution in [3.05, 3.63) is 64.6 Å². The summed E-state index contributed by atoms with van der Waals surface area (Å²) < 4.78 is 7.12. The number of hydrogen-bond acceptors (Lipinski definition) is 4. The number of carbonyl (C=O) groups excluding carboxylic acids is 1. The van der Waals surface area contributed by atoms with Crippen molar-refractivity contribution in [3.63, 3.8) is 0 Å². The summed E-state index contributed by atoms with van der Waals surface area (Å²) in [5.41, 5.74) is 7.40. The first-order chi connectivity index (χ1) is 12.0. The normalized spacial score (nSPS) is 10.9. The lowest BCUT2D eigenvalue weighted by Crippen LogP contribution is -2.05. The summed E-state index contributed by atoms with van der Waals surface area (Å²) in [7, 11) is 0. The van der Waals surface area contributed by atoms with Gasteiger partial charge in [-0.3, -0.25) is 4.79 Å². The molecule has 0 atom stereocenters. The zero-order valence-corrected chi connectivity index (χ0v) is 15.1. The second-order valence-corrected chi connectivity index (χ2v) is 6.26. The monoisotopic (exact) mass is 337 g/mol. The Kier molecular flexibility index (Phi) is 4.74. The molecule has 3 rings (SSSR count). The molecule has 0 aliphatic heterocycles. The Hall–Kier alpha value is -2.82. The smallest absolute Gasteiger partial charge is 0.303 e. The summed E-state index contributed by atoms with van der Waals surface area (Å²) in [6.07, 6.45) is 1.97. The first kappa shape index (κ1) is 17.0. The topological polar surface area (TPSA) is 55.6 Å². The summed E-state index contributed by atoms with van der Waals surface area (Å²) >= 11 is 0. The van der Waals surface area contributed by atoms with Crippen LogP contribution in [-0.2, 0) is 22.7 Å². The Morgan fingerprint density at radius 3 is 2.56 bits per heavy atom. The summed E-state index contributed by atoms with van der Waals surface area (Å²) in [6, 6.07) is 10.3. The second-order valence-electron chi connectivity index (χ2n) is 6.26. The molecule has 0 saturated heterocycles. The van der Waals surface area contributed by atoms with Gasteiger partial charge in [0.05, 0.1) is 11.4 Å². The Bertz CT molecular complexity index is 908. The van der Waals surface area contributed by atoms with Crippen LogP contribution in [0.15, 0.2) is 36.5 Å². The molecule has 0 saturated carbocycles. The van der Waals surface area contributed by atoms with Crippen LogP contribution >= 0.6 is 0 Å². The van der Waals surface area contributed by atoms with Crippen LogP contribution in [0.1, 0.15) is 35.0 Å². The van der Waals surface area contributed by atoms with Gasteiger partial charge in [-0.15, -0.1) is 0 Å². The van der Waals surface area contributed by atoms with E-state index in [-0.39, 0.29) is 12.6 Å². The second kappa shape index (κ2) is 6.97. The van der Waals surface area contributed by atoms with Crippen LogP contribution in [0.5, 0.6) is 0 Å². The van der Waals surface area contributed by atoms with Gasteiger partial charge in [0, 0.05) is 25.4 Å². The Balaban J connectivity index is 1.89. The van der Waals surface area contributed by atoms with E-state index in [1.54, 1.807) is 0 Å². The molecule has 130 valence electrons. The molecule has 1 N–H and O–H groups in total. The molecule has 0 aliphatic rings. The summed E-state index contributed by atoms with van der Waals surface area (Å²) in [4.78, 5) is 15.7. The van der Waals surface area contributed by atoms with Crippen molar-refractivity contribution in [2.45, 2.75) is 40.8 Å². The van der Waals surface area contributed by atoms with Crippen molar-refractivity contribution in [1.82, 2.24) is 9.38 Å². The first-order valence-corrected chi connectivity index (χ1v) is 8.36. The van der Waals surface area contributed by atoms with E-state index >= 15 is 0 Å². The first-order valence-electron chi connectivity index (χ1n) is 8.36. The average molecular weight is 337 g/mol. The molecule has 25 heavy (non-hydrogen) atoms. The molecule has 0 amide bonds. The summed E-state index contributed by atoms with van der Waals surface area (Å²) in [5, 5.41) is 3.50. The number of nitrogens with one attached hydrogen (secondary N) is 1. The zero-order chi connectivity index (χ0) is 18.0. The fourth-order valence-corrected chi connectivity index (χ4v) is 2.99. The van der Waals surface area contributed by atoms with Crippen LogP contribution in [-0.4, -0.2) is 15.4 Å². The van der Waals surface area contributed by atoms with Crippen molar-refractivity contribution in [2.75, 3.05) is 5.32 Å². The molecule has 0 spiro atoms. The lowest BCUT2D eigenvalue weighted by atomic mass is 10.0. The highest BCUT2D eigenvalue weighted by atomic mass is 16.5. The molecule has 0 radical (unpaired) electrons. The fourth-order valence-electron chi connectivity index (χ4n) is 2.99. The third-order valence-corrected chi connectivity index (χ3v) is 4.50. The van der Waals surface area contributed by atoms with E-state index in [1.807, 2.05) is 29.7 Å². The summed E-state index contributed by atoms with van der Waals surface area (Å²) in [5.74, 6) is -0.301. The van der Waals surface area contributed by atoms with Gasteiger partial charge in [-0.05, 0) is 49.6 Å². The fraction of sp³-hybridized carbons (Fsp3) is 0.300. The number of pyridine rings is 1. The van der Waals surface area contributed by atoms with Crippen molar-refractivity contribution < 1.29 is 9.53 Å². The Morgan fingerprint density at radius 2 is 1.88 bits per heavy atom. The average Bonchev–Trinajstić information content (AvgIpc) is 2.90. The maximum Gasteiger partial charge on any atom is 0.303 e. The number of aryl methyl sites for hydroxylation is 3. The van der Waals surface area contributed by atoms with E-state index in [9.17, 15) is 4.79 Å². The number of aromatic nitrogens is 2. The van der Waals surface area contributed by atoms with Crippen molar-refractivity contribution in [3.8, 4) is 0 Å². The predicted octanol–water partition coefficient (Wildman–Crippen LogP) is 3.93.